The minimum Gasteiger partial charge on any atom is -0.350 e. The molecule has 0 saturated heterocycles. The number of para-hydroxylation sites is 1. The van der Waals surface area contributed by atoms with Crippen LogP contribution in [0.3, 0.4) is 0 Å². The van der Waals surface area contributed by atoms with Gasteiger partial charge in [-0.15, -0.1) is 0 Å². The average Bonchev–Trinajstić information content (AvgIpc) is 3.20. The van der Waals surface area contributed by atoms with E-state index in [2.05, 4.69) is 15.5 Å². The third-order valence-corrected chi connectivity index (χ3v) is 4.84. The highest BCUT2D eigenvalue weighted by Crippen LogP contribution is 2.21. The molecule has 0 aliphatic carbocycles. The fourth-order valence-corrected chi connectivity index (χ4v) is 3.17. The van der Waals surface area contributed by atoms with Gasteiger partial charge in [0.1, 0.15) is 17.9 Å². The van der Waals surface area contributed by atoms with Crippen LogP contribution in [0.25, 0.3) is 5.69 Å². The van der Waals surface area contributed by atoms with Gasteiger partial charge in [0, 0.05) is 17.8 Å². The van der Waals surface area contributed by atoms with Gasteiger partial charge < -0.3 is 5.32 Å². The standard InChI is InChI=1S/C19H22N6O3/c1-12-17(13(2)24(22-12)16-8-6-5-7-9-16)10-20-19(26)15(4)23-14(3)18(11-21-23)25(27)28/h5-9,11,15H,10H2,1-4H3,(H,20,26). The number of benzene rings is 1. The van der Waals surface area contributed by atoms with Crippen LogP contribution in [0, 0.1) is 30.9 Å². The summed E-state index contributed by atoms with van der Waals surface area (Å²) in [6, 6.07) is 9.10. The van der Waals surface area contributed by atoms with E-state index in [-0.39, 0.29) is 11.6 Å². The second-order valence-corrected chi connectivity index (χ2v) is 6.61. The minimum atomic E-state index is -0.668. The summed E-state index contributed by atoms with van der Waals surface area (Å²) in [5.41, 5.74) is 3.91. The maximum absolute atomic E-state index is 12.6. The first-order valence-electron chi connectivity index (χ1n) is 8.88. The normalized spacial score (nSPS) is 12.0. The number of amides is 1. The maximum Gasteiger partial charge on any atom is 0.309 e. The fourth-order valence-electron chi connectivity index (χ4n) is 3.17. The summed E-state index contributed by atoms with van der Waals surface area (Å²) in [5.74, 6) is -0.271. The summed E-state index contributed by atoms with van der Waals surface area (Å²) in [7, 11) is 0. The Kier molecular flexibility index (Phi) is 5.25. The summed E-state index contributed by atoms with van der Waals surface area (Å²) in [6.45, 7) is 7.41. The van der Waals surface area contributed by atoms with Crippen molar-refractivity contribution in [1.82, 2.24) is 24.9 Å². The van der Waals surface area contributed by atoms with Crippen LogP contribution in [0.15, 0.2) is 36.5 Å². The lowest BCUT2D eigenvalue weighted by atomic mass is 10.2. The predicted octanol–water partition coefficient (Wildman–Crippen LogP) is 2.78. The number of nitrogens with zero attached hydrogens (tertiary/aromatic N) is 5. The van der Waals surface area contributed by atoms with Crippen molar-refractivity contribution in [2.24, 2.45) is 0 Å². The number of nitrogens with one attached hydrogen (secondary N) is 1. The quantitative estimate of drug-likeness (QED) is 0.521. The van der Waals surface area contributed by atoms with Crippen LogP contribution in [0.4, 0.5) is 5.69 Å². The van der Waals surface area contributed by atoms with Crippen molar-refractivity contribution in [2.45, 2.75) is 40.3 Å². The van der Waals surface area contributed by atoms with Crippen LogP contribution < -0.4 is 5.32 Å². The number of carbonyl (C=O) groups is 1. The van der Waals surface area contributed by atoms with Crippen molar-refractivity contribution in [2.75, 3.05) is 0 Å². The molecule has 0 saturated carbocycles. The molecular weight excluding hydrogens is 360 g/mol. The molecule has 0 aliphatic rings. The van der Waals surface area contributed by atoms with Crippen LogP contribution >= 0.6 is 0 Å². The Labute approximate surface area is 162 Å². The average molecular weight is 382 g/mol. The summed E-state index contributed by atoms with van der Waals surface area (Å²) in [6.07, 6.45) is 1.16. The molecule has 28 heavy (non-hydrogen) atoms. The molecular formula is C19H22N6O3. The van der Waals surface area contributed by atoms with Gasteiger partial charge in [0.15, 0.2) is 0 Å². The van der Waals surface area contributed by atoms with E-state index >= 15 is 0 Å². The number of carbonyl (C=O) groups excluding carboxylic acids is 1. The monoisotopic (exact) mass is 382 g/mol. The molecule has 3 rings (SSSR count). The first kappa shape index (κ1) is 19.3. The van der Waals surface area contributed by atoms with E-state index in [1.807, 2.05) is 48.9 Å². The Hall–Kier alpha value is -3.49. The fraction of sp³-hybridized carbons (Fsp3) is 0.316. The third kappa shape index (κ3) is 3.51. The van der Waals surface area contributed by atoms with Gasteiger partial charge >= 0.3 is 5.69 Å². The second kappa shape index (κ2) is 7.63. The molecule has 3 aromatic rings. The van der Waals surface area contributed by atoms with Crippen molar-refractivity contribution in [1.29, 1.82) is 0 Å². The molecule has 0 fully saturated rings. The lowest BCUT2D eigenvalue weighted by molar-refractivity contribution is -0.385. The van der Waals surface area contributed by atoms with Crippen LogP contribution in [0.1, 0.15) is 35.6 Å². The number of aromatic nitrogens is 4. The Morgan fingerprint density at radius 2 is 1.89 bits per heavy atom. The molecule has 0 spiro atoms. The molecule has 2 aromatic heterocycles. The zero-order valence-corrected chi connectivity index (χ0v) is 16.2. The highest BCUT2D eigenvalue weighted by Gasteiger charge is 2.24. The third-order valence-electron chi connectivity index (χ3n) is 4.84. The summed E-state index contributed by atoms with van der Waals surface area (Å²) in [5, 5.41) is 22.4. The van der Waals surface area contributed by atoms with Crippen molar-refractivity contribution in [3.63, 3.8) is 0 Å². The number of hydrogen-bond donors (Lipinski definition) is 1. The highest BCUT2D eigenvalue weighted by molar-refractivity contribution is 5.80. The lowest BCUT2D eigenvalue weighted by Gasteiger charge is -2.14. The number of hydrogen-bond acceptors (Lipinski definition) is 5. The van der Waals surface area contributed by atoms with Crippen LogP contribution in [-0.2, 0) is 11.3 Å². The van der Waals surface area contributed by atoms with E-state index in [9.17, 15) is 14.9 Å². The Bertz CT molecular complexity index is 1020. The largest absolute Gasteiger partial charge is 0.350 e. The Morgan fingerprint density at radius 1 is 1.21 bits per heavy atom. The number of rotatable bonds is 6. The molecule has 1 unspecified atom stereocenters. The van der Waals surface area contributed by atoms with Crippen LogP contribution in [0.2, 0.25) is 0 Å². The van der Waals surface area contributed by atoms with Crippen molar-refractivity contribution >= 4 is 11.6 Å². The van der Waals surface area contributed by atoms with Crippen LogP contribution in [0.5, 0.6) is 0 Å². The van der Waals surface area contributed by atoms with Crippen molar-refractivity contribution in [3.8, 4) is 5.69 Å². The Balaban J connectivity index is 1.75. The molecule has 1 amide bonds. The highest BCUT2D eigenvalue weighted by atomic mass is 16.6. The molecule has 1 N–H and O–H groups in total. The zero-order valence-electron chi connectivity index (χ0n) is 16.2. The summed E-state index contributed by atoms with van der Waals surface area (Å²) >= 11 is 0. The Morgan fingerprint density at radius 3 is 2.50 bits per heavy atom. The first-order chi connectivity index (χ1) is 13.3. The van der Waals surface area contributed by atoms with Gasteiger partial charge in [-0.3, -0.25) is 19.6 Å². The molecule has 2 heterocycles. The molecule has 146 valence electrons. The lowest BCUT2D eigenvalue weighted by Crippen LogP contribution is -2.31. The van der Waals surface area contributed by atoms with Gasteiger partial charge in [0.25, 0.3) is 0 Å². The number of aryl methyl sites for hydroxylation is 1. The number of nitro groups is 1. The molecule has 0 aliphatic heterocycles. The molecule has 0 bridgehead atoms. The second-order valence-electron chi connectivity index (χ2n) is 6.61. The van der Waals surface area contributed by atoms with E-state index < -0.39 is 11.0 Å². The molecule has 9 heteroatoms. The molecule has 1 aromatic carbocycles. The summed E-state index contributed by atoms with van der Waals surface area (Å²) < 4.78 is 3.21. The smallest absolute Gasteiger partial charge is 0.309 e. The predicted molar refractivity (Wildman–Crippen MR) is 103 cm³/mol. The minimum absolute atomic E-state index is 0.101. The SMILES string of the molecule is Cc1nn(-c2ccccc2)c(C)c1CNC(=O)C(C)n1ncc([N+](=O)[O-])c1C. The molecule has 1 atom stereocenters. The van der Waals surface area contributed by atoms with E-state index in [1.165, 1.54) is 4.68 Å². The topological polar surface area (TPSA) is 108 Å². The van der Waals surface area contributed by atoms with E-state index in [0.717, 1.165) is 28.8 Å². The van der Waals surface area contributed by atoms with Crippen LogP contribution in [-0.4, -0.2) is 30.4 Å². The van der Waals surface area contributed by atoms with E-state index in [0.29, 0.717) is 12.2 Å². The van der Waals surface area contributed by atoms with Crippen molar-refractivity contribution in [3.05, 3.63) is 69.3 Å². The van der Waals surface area contributed by atoms with E-state index in [4.69, 9.17) is 0 Å². The first-order valence-corrected chi connectivity index (χ1v) is 8.88. The van der Waals surface area contributed by atoms with Gasteiger partial charge in [-0.2, -0.15) is 10.2 Å². The van der Waals surface area contributed by atoms with Gasteiger partial charge in [0.05, 0.1) is 16.3 Å². The maximum atomic E-state index is 12.6. The van der Waals surface area contributed by atoms with Gasteiger partial charge in [-0.05, 0) is 39.8 Å². The summed E-state index contributed by atoms with van der Waals surface area (Å²) in [4.78, 5) is 23.0. The molecule has 9 nitrogen and oxygen atoms in total. The van der Waals surface area contributed by atoms with Gasteiger partial charge in [0.2, 0.25) is 5.91 Å². The van der Waals surface area contributed by atoms with E-state index in [1.54, 1.807) is 13.8 Å². The van der Waals surface area contributed by atoms with Gasteiger partial charge in [-0.1, -0.05) is 18.2 Å². The van der Waals surface area contributed by atoms with Gasteiger partial charge in [-0.25, -0.2) is 4.68 Å². The zero-order chi connectivity index (χ0) is 20.4. The van der Waals surface area contributed by atoms with Crippen molar-refractivity contribution < 1.29 is 9.72 Å². The molecule has 0 radical (unpaired) electrons.